The fourth-order valence-corrected chi connectivity index (χ4v) is 3.39. The zero-order chi connectivity index (χ0) is 16.8. The Morgan fingerprint density at radius 3 is 2.76 bits per heavy atom. The minimum absolute atomic E-state index is 0. The van der Waals surface area contributed by atoms with E-state index in [0.717, 1.165) is 48.7 Å². The molecule has 0 spiro atoms. The third kappa shape index (κ3) is 5.71. The molecule has 7 heteroatoms. The molecule has 1 aromatic carbocycles. The van der Waals surface area contributed by atoms with Gasteiger partial charge in [0.05, 0.1) is 17.6 Å². The quantitative estimate of drug-likeness (QED) is 0.223. The lowest BCUT2D eigenvalue weighted by molar-refractivity contribution is 0.727. The van der Waals surface area contributed by atoms with Crippen LogP contribution in [-0.2, 0) is 13.0 Å². The Morgan fingerprint density at radius 1 is 1.20 bits per heavy atom. The maximum atomic E-state index is 4.60. The summed E-state index contributed by atoms with van der Waals surface area (Å²) in [5.74, 6) is 1.88. The molecule has 2 heterocycles. The molecule has 0 aliphatic rings. The average molecular weight is 469 g/mol. The maximum absolute atomic E-state index is 4.60. The minimum atomic E-state index is 0. The normalized spacial score (nSPS) is 11.4. The second-order valence-electron chi connectivity index (χ2n) is 5.67. The van der Waals surface area contributed by atoms with E-state index in [2.05, 4.69) is 50.7 Å². The van der Waals surface area contributed by atoms with Crippen molar-refractivity contribution in [3.63, 3.8) is 0 Å². The number of hydrogen-bond donors (Lipinski definition) is 3. The van der Waals surface area contributed by atoms with Crippen LogP contribution in [0.4, 0.5) is 0 Å². The SMILES string of the molecule is CN=C(NCCCc1nc2ccccc2[nH]1)NCc1ccc(C)s1.I. The van der Waals surface area contributed by atoms with Gasteiger partial charge >= 0.3 is 0 Å². The number of aromatic nitrogens is 2. The smallest absolute Gasteiger partial charge is 0.191 e. The van der Waals surface area contributed by atoms with Gasteiger partial charge in [0, 0.05) is 29.8 Å². The molecule has 3 aromatic rings. The highest BCUT2D eigenvalue weighted by Gasteiger charge is 2.03. The van der Waals surface area contributed by atoms with E-state index in [4.69, 9.17) is 0 Å². The molecule has 0 fully saturated rings. The van der Waals surface area contributed by atoms with Gasteiger partial charge < -0.3 is 15.6 Å². The van der Waals surface area contributed by atoms with E-state index in [1.54, 1.807) is 7.05 Å². The molecule has 0 saturated heterocycles. The summed E-state index contributed by atoms with van der Waals surface area (Å²) >= 11 is 1.81. The number of nitrogens with zero attached hydrogens (tertiary/aromatic N) is 2. The number of aliphatic imine (C=N–C) groups is 1. The van der Waals surface area contributed by atoms with Crippen molar-refractivity contribution in [2.24, 2.45) is 4.99 Å². The van der Waals surface area contributed by atoms with Crippen molar-refractivity contribution in [3.05, 3.63) is 52.0 Å². The summed E-state index contributed by atoms with van der Waals surface area (Å²) in [6.07, 6.45) is 1.92. The Balaban J connectivity index is 0.00000225. The lowest BCUT2D eigenvalue weighted by atomic mass is 10.3. The molecule has 3 rings (SSSR count). The van der Waals surface area contributed by atoms with Crippen LogP contribution in [0, 0.1) is 6.92 Å². The van der Waals surface area contributed by atoms with Gasteiger partial charge in [0.2, 0.25) is 0 Å². The van der Waals surface area contributed by atoms with Gasteiger partial charge in [-0.15, -0.1) is 35.3 Å². The summed E-state index contributed by atoms with van der Waals surface area (Å²) in [6, 6.07) is 12.4. The van der Waals surface area contributed by atoms with Crippen molar-refractivity contribution in [1.29, 1.82) is 0 Å². The van der Waals surface area contributed by atoms with Crippen LogP contribution in [0.25, 0.3) is 11.0 Å². The van der Waals surface area contributed by atoms with Crippen LogP contribution >= 0.6 is 35.3 Å². The molecule has 0 radical (unpaired) electrons. The standard InChI is InChI=1S/C18H23N5S.HI/c1-13-9-10-14(24-13)12-21-18(19-2)20-11-5-8-17-22-15-6-3-4-7-16(15)23-17;/h3-4,6-7,9-10H,5,8,11-12H2,1-2H3,(H,22,23)(H2,19,20,21);1H. The zero-order valence-corrected chi connectivity index (χ0v) is 17.7. The van der Waals surface area contributed by atoms with Gasteiger partial charge in [0.15, 0.2) is 5.96 Å². The van der Waals surface area contributed by atoms with Crippen molar-refractivity contribution in [1.82, 2.24) is 20.6 Å². The van der Waals surface area contributed by atoms with E-state index in [1.165, 1.54) is 9.75 Å². The van der Waals surface area contributed by atoms with Crippen LogP contribution in [0.2, 0.25) is 0 Å². The summed E-state index contributed by atoms with van der Waals surface area (Å²) in [6.45, 7) is 3.79. The van der Waals surface area contributed by atoms with Crippen LogP contribution in [0.1, 0.15) is 22.0 Å². The van der Waals surface area contributed by atoms with Crippen molar-refractivity contribution in [2.45, 2.75) is 26.3 Å². The van der Waals surface area contributed by atoms with Gasteiger partial charge in [-0.1, -0.05) is 12.1 Å². The van der Waals surface area contributed by atoms with Crippen molar-refractivity contribution >= 4 is 52.3 Å². The largest absolute Gasteiger partial charge is 0.356 e. The lowest BCUT2D eigenvalue weighted by Crippen LogP contribution is -2.37. The minimum Gasteiger partial charge on any atom is -0.356 e. The summed E-state index contributed by atoms with van der Waals surface area (Å²) < 4.78 is 0. The number of benzene rings is 1. The molecule has 0 unspecified atom stereocenters. The Kier molecular flexibility index (Phi) is 7.70. The highest BCUT2D eigenvalue weighted by atomic mass is 127. The van der Waals surface area contributed by atoms with E-state index in [1.807, 2.05) is 29.5 Å². The number of H-pyrrole nitrogens is 1. The first-order valence-electron chi connectivity index (χ1n) is 8.18. The van der Waals surface area contributed by atoms with E-state index in [9.17, 15) is 0 Å². The predicted molar refractivity (Wildman–Crippen MR) is 117 cm³/mol. The topological polar surface area (TPSA) is 65.1 Å². The number of thiophene rings is 1. The van der Waals surface area contributed by atoms with Crippen molar-refractivity contribution < 1.29 is 0 Å². The summed E-state index contributed by atoms with van der Waals surface area (Å²) in [5.41, 5.74) is 2.13. The average Bonchev–Trinajstić information content (AvgIpc) is 3.19. The van der Waals surface area contributed by atoms with Crippen molar-refractivity contribution in [3.8, 4) is 0 Å². The number of halogens is 1. The molecule has 0 aliphatic heterocycles. The van der Waals surface area contributed by atoms with Crippen LogP contribution in [0.5, 0.6) is 0 Å². The predicted octanol–water partition coefficient (Wildman–Crippen LogP) is 3.85. The molecular formula is C18H24IN5S. The number of hydrogen-bond acceptors (Lipinski definition) is 3. The third-order valence-electron chi connectivity index (χ3n) is 3.77. The first-order chi connectivity index (χ1) is 11.7. The van der Waals surface area contributed by atoms with E-state index >= 15 is 0 Å². The van der Waals surface area contributed by atoms with E-state index in [0.29, 0.717) is 0 Å². The highest BCUT2D eigenvalue weighted by Crippen LogP contribution is 2.14. The number of nitrogens with one attached hydrogen (secondary N) is 3. The van der Waals surface area contributed by atoms with E-state index in [-0.39, 0.29) is 24.0 Å². The first kappa shape index (κ1) is 19.7. The number of fused-ring (bicyclic) bond motifs is 1. The van der Waals surface area contributed by atoms with Crippen LogP contribution in [0.3, 0.4) is 0 Å². The first-order valence-corrected chi connectivity index (χ1v) is 9.00. The molecule has 0 saturated carbocycles. The number of imidazole rings is 1. The van der Waals surface area contributed by atoms with Crippen LogP contribution in [-0.4, -0.2) is 29.5 Å². The molecular weight excluding hydrogens is 445 g/mol. The number of aromatic amines is 1. The molecule has 0 aliphatic carbocycles. The fraction of sp³-hybridized carbons (Fsp3) is 0.333. The second-order valence-corrected chi connectivity index (χ2v) is 7.04. The third-order valence-corrected chi connectivity index (χ3v) is 4.77. The molecule has 0 bridgehead atoms. The lowest BCUT2D eigenvalue weighted by Gasteiger charge is -2.10. The molecule has 3 N–H and O–H groups in total. The molecule has 5 nitrogen and oxygen atoms in total. The van der Waals surface area contributed by atoms with E-state index < -0.39 is 0 Å². The van der Waals surface area contributed by atoms with Gasteiger partial charge in [-0.25, -0.2) is 4.98 Å². The zero-order valence-electron chi connectivity index (χ0n) is 14.5. The van der Waals surface area contributed by atoms with Crippen LogP contribution in [0.15, 0.2) is 41.4 Å². The summed E-state index contributed by atoms with van der Waals surface area (Å²) in [4.78, 5) is 14.9. The van der Waals surface area contributed by atoms with Crippen LogP contribution < -0.4 is 10.6 Å². The van der Waals surface area contributed by atoms with Gasteiger partial charge in [-0.2, -0.15) is 0 Å². The molecule has 0 amide bonds. The second kappa shape index (κ2) is 9.76. The fourth-order valence-electron chi connectivity index (χ4n) is 2.56. The number of aryl methyl sites for hydroxylation is 2. The Labute approximate surface area is 169 Å². The van der Waals surface area contributed by atoms with Crippen molar-refractivity contribution in [2.75, 3.05) is 13.6 Å². The molecule has 134 valence electrons. The Morgan fingerprint density at radius 2 is 2.04 bits per heavy atom. The number of rotatable bonds is 6. The van der Waals surface area contributed by atoms with Gasteiger partial charge in [-0.3, -0.25) is 4.99 Å². The van der Waals surface area contributed by atoms with Gasteiger partial charge in [0.1, 0.15) is 5.82 Å². The molecule has 0 atom stereocenters. The summed E-state index contributed by atoms with van der Waals surface area (Å²) in [5, 5.41) is 6.70. The Bertz CT molecular complexity index is 791. The highest BCUT2D eigenvalue weighted by molar-refractivity contribution is 14.0. The number of para-hydroxylation sites is 2. The Hall–Kier alpha value is -1.61. The maximum Gasteiger partial charge on any atom is 0.191 e. The van der Waals surface area contributed by atoms with Gasteiger partial charge in [-0.05, 0) is 37.6 Å². The van der Waals surface area contributed by atoms with Gasteiger partial charge in [0.25, 0.3) is 0 Å². The molecule has 2 aromatic heterocycles. The number of guanidine groups is 1. The summed E-state index contributed by atoms with van der Waals surface area (Å²) in [7, 11) is 1.80. The molecule has 25 heavy (non-hydrogen) atoms. The monoisotopic (exact) mass is 469 g/mol.